The van der Waals surface area contributed by atoms with E-state index >= 15 is 0 Å². The van der Waals surface area contributed by atoms with Crippen LogP contribution < -0.4 is 10.5 Å². The molecule has 0 aliphatic carbocycles. The second kappa shape index (κ2) is 5.82. The van der Waals surface area contributed by atoms with Crippen LogP contribution in [-0.2, 0) is 10.0 Å². The Balaban J connectivity index is 2.41. The molecule has 0 aliphatic rings. The van der Waals surface area contributed by atoms with Gasteiger partial charge >= 0.3 is 0 Å². The van der Waals surface area contributed by atoms with Crippen LogP contribution in [0.3, 0.4) is 0 Å². The van der Waals surface area contributed by atoms with Gasteiger partial charge in [-0.25, -0.2) is 22.3 Å². The zero-order valence-corrected chi connectivity index (χ0v) is 12.2. The molecule has 2 aromatic rings. The number of amides is 1. The summed E-state index contributed by atoms with van der Waals surface area (Å²) in [5, 5.41) is 7.29. The number of halogens is 2. The van der Waals surface area contributed by atoms with Crippen LogP contribution in [0.15, 0.2) is 41.3 Å². The molecule has 1 amide bonds. The zero-order chi connectivity index (χ0) is 16.5. The fourth-order valence-corrected chi connectivity index (χ4v) is 2.35. The van der Waals surface area contributed by atoms with E-state index < -0.39 is 33.1 Å². The van der Waals surface area contributed by atoms with Crippen molar-refractivity contribution in [2.24, 2.45) is 5.14 Å². The number of primary sulfonamides is 1. The predicted octanol–water partition coefficient (Wildman–Crippen LogP) is 2.17. The smallest absolute Gasteiger partial charge is 0.261 e. The lowest BCUT2D eigenvalue weighted by atomic mass is 10.1. The van der Waals surface area contributed by atoms with Crippen molar-refractivity contribution in [3.05, 3.63) is 59.2 Å². The van der Waals surface area contributed by atoms with Gasteiger partial charge in [0.2, 0.25) is 10.0 Å². The molecule has 116 valence electrons. The van der Waals surface area contributed by atoms with Crippen LogP contribution in [0, 0.1) is 18.6 Å². The number of benzene rings is 2. The topological polar surface area (TPSA) is 89.3 Å². The van der Waals surface area contributed by atoms with Crippen molar-refractivity contribution in [2.45, 2.75) is 11.8 Å². The molecular formula is C14H12F2N2O3S. The van der Waals surface area contributed by atoms with E-state index in [1.807, 2.05) is 0 Å². The molecule has 5 nitrogen and oxygen atoms in total. The fourth-order valence-electron chi connectivity index (χ4n) is 1.81. The van der Waals surface area contributed by atoms with E-state index in [1.54, 1.807) is 6.92 Å². The van der Waals surface area contributed by atoms with Crippen molar-refractivity contribution >= 4 is 21.6 Å². The van der Waals surface area contributed by atoms with E-state index in [0.717, 1.165) is 24.3 Å². The molecular weight excluding hydrogens is 314 g/mol. The molecule has 0 heterocycles. The average molecular weight is 326 g/mol. The highest BCUT2D eigenvalue weighted by Gasteiger charge is 2.18. The van der Waals surface area contributed by atoms with Gasteiger partial charge in [0, 0.05) is 5.69 Å². The maximum Gasteiger partial charge on any atom is 0.261 e. The number of nitrogens with two attached hydrogens (primary N) is 1. The minimum absolute atomic E-state index is 0.0965. The molecule has 8 heteroatoms. The number of hydrogen-bond acceptors (Lipinski definition) is 3. The lowest BCUT2D eigenvalue weighted by Gasteiger charge is -2.11. The van der Waals surface area contributed by atoms with Gasteiger partial charge < -0.3 is 5.32 Å². The molecule has 2 aromatic carbocycles. The molecule has 0 fully saturated rings. The van der Waals surface area contributed by atoms with Crippen molar-refractivity contribution < 1.29 is 22.0 Å². The molecule has 0 bridgehead atoms. The number of carbonyl (C=O) groups excluding carboxylic acids is 1. The normalized spacial score (nSPS) is 11.3. The SMILES string of the molecule is Cc1ccc(S(N)(=O)=O)cc1NC(=O)c1c(F)cccc1F. The largest absolute Gasteiger partial charge is 0.322 e. The third kappa shape index (κ3) is 3.29. The van der Waals surface area contributed by atoms with Crippen LogP contribution in [0.2, 0.25) is 0 Å². The first kappa shape index (κ1) is 16.1. The molecule has 0 spiro atoms. The second-order valence-electron chi connectivity index (χ2n) is 4.57. The predicted molar refractivity (Wildman–Crippen MR) is 76.9 cm³/mol. The summed E-state index contributed by atoms with van der Waals surface area (Å²) >= 11 is 0. The molecule has 0 saturated carbocycles. The van der Waals surface area contributed by atoms with Gasteiger partial charge in [0.05, 0.1) is 4.90 Å². The van der Waals surface area contributed by atoms with Gasteiger partial charge in [0.25, 0.3) is 5.91 Å². The number of sulfonamides is 1. The van der Waals surface area contributed by atoms with Crippen LogP contribution in [0.5, 0.6) is 0 Å². The van der Waals surface area contributed by atoms with Crippen LogP contribution in [-0.4, -0.2) is 14.3 Å². The third-order valence-corrected chi connectivity index (χ3v) is 3.89. The van der Waals surface area contributed by atoms with Gasteiger partial charge in [0.15, 0.2) is 0 Å². The highest BCUT2D eigenvalue weighted by atomic mass is 32.2. The molecule has 2 rings (SSSR count). The maximum absolute atomic E-state index is 13.6. The Labute approximate surface area is 125 Å². The van der Waals surface area contributed by atoms with E-state index in [-0.39, 0.29) is 10.6 Å². The van der Waals surface area contributed by atoms with E-state index in [4.69, 9.17) is 5.14 Å². The van der Waals surface area contributed by atoms with Gasteiger partial charge in [-0.2, -0.15) is 0 Å². The summed E-state index contributed by atoms with van der Waals surface area (Å²) in [4.78, 5) is 11.8. The number of rotatable bonds is 3. The molecule has 0 aromatic heterocycles. The summed E-state index contributed by atoms with van der Waals surface area (Å²) in [5.41, 5.74) is -0.139. The summed E-state index contributed by atoms with van der Waals surface area (Å²) in [5.74, 6) is -3.05. The number of anilines is 1. The van der Waals surface area contributed by atoms with Crippen LogP contribution in [0.4, 0.5) is 14.5 Å². The Morgan fingerprint density at radius 1 is 1.14 bits per heavy atom. The van der Waals surface area contributed by atoms with Crippen molar-refractivity contribution in [1.29, 1.82) is 0 Å². The Kier molecular flexibility index (Phi) is 4.25. The summed E-state index contributed by atoms with van der Waals surface area (Å²) in [6.45, 7) is 1.60. The molecule has 3 N–H and O–H groups in total. The lowest BCUT2D eigenvalue weighted by molar-refractivity contribution is 0.101. The Bertz CT molecular complexity index is 831. The first-order valence-corrected chi connectivity index (χ1v) is 7.63. The molecule has 0 saturated heterocycles. The van der Waals surface area contributed by atoms with Crippen molar-refractivity contribution in [3.63, 3.8) is 0 Å². The quantitative estimate of drug-likeness (QED) is 0.906. The Hall–Kier alpha value is -2.32. The first-order valence-electron chi connectivity index (χ1n) is 6.09. The lowest BCUT2D eigenvalue weighted by Crippen LogP contribution is -2.18. The summed E-state index contributed by atoms with van der Waals surface area (Å²) < 4.78 is 49.7. The first-order chi connectivity index (χ1) is 10.2. The van der Waals surface area contributed by atoms with Gasteiger partial charge in [-0.05, 0) is 36.8 Å². The minimum atomic E-state index is -3.96. The van der Waals surface area contributed by atoms with E-state index in [2.05, 4.69) is 5.32 Å². The van der Waals surface area contributed by atoms with Gasteiger partial charge in [0.1, 0.15) is 17.2 Å². The van der Waals surface area contributed by atoms with Gasteiger partial charge in [-0.3, -0.25) is 4.79 Å². The molecule has 22 heavy (non-hydrogen) atoms. The van der Waals surface area contributed by atoms with Crippen molar-refractivity contribution in [2.75, 3.05) is 5.32 Å². The number of carbonyl (C=O) groups is 1. The minimum Gasteiger partial charge on any atom is -0.322 e. The highest BCUT2D eigenvalue weighted by molar-refractivity contribution is 7.89. The van der Waals surface area contributed by atoms with Crippen LogP contribution in [0.25, 0.3) is 0 Å². The summed E-state index contributed by atoms with van der Waals surface area (Å²) in [7, 11) is -3.96. The van der Waals surface area contributed by atoms with Crippen LogP contribution >= 0.6 is 0 Å². The highest BCUT2D eigenvalue weighted by Crippen LogP contribution is 2.21. The summed E-state index contributed by atoms with van der Waals surface area (Å²) in [6.07, 6.45) is 0. The number of nitrogens with one attached hydrogen (secondary N) is 1. The number of aryl methyl sites for hydroxylation is 1. The molecule has 0 atom stereocenters. The average Bonchev–Trinajstić information content (AvgIpc) is 2.39. The number of hydrogen-bond donors (Lipinski definition) is 2. The molecule has 0 aliphatic heterocycles. The van der Waals surface area contributed by atoms with Crippen LogP contribution in [0.1, 0.15) is 15.9 Å². The van der Waals surface area contributed by atoms with Crippen molar-refractivity contribution in [3.8, 4) is 0 Å². The van der Waals surface area contributed by atoms with Gasteiger partial charge in [-0.15, -0.1) is 0 Å². The van der Waals surface area contributed by atoms with E-state index in [1.165, 1.54) is 12.1 Å². The second-order valence-corrected chi connectivity index (χ2v) is 6.13. The molecule has 0 radical (unpaired) electrons. The van der Waals surface area contributed by atoms with Gasteiger partial charge in [-0.1, -0.05) is 12.1 Å². The molecule has 0 unspecified atom stereocenters. The zero-order valence-electron chi connectivity index (χ0n) is 11.4. The Morgan fingerprint density at radius 3 is 2.27 bits per heavy atom. The third-order valence-electron chi connectivity index (χ3n) is 2.98. The maximum atomic E-state index is 13.6. The Morgan fingerprint density at radius 2 is 1.73 bits per heavy atom. The van der Waals surface area contributed by atoms with Crippen molar-refractivity contribution in [1.82, 2.24) is 0 Å². The fraction of sp³-hybridized carbons (Fsp3) is 0.0714. The van der Waals surface area contributed by atoms with E-state index in [9.17, 15) is 22.0 Å². The van der Waals surface area contributed by atoms with E-state index in [0.29, 0.717) is 5.56 Å². The summed E-state index contributed by atoms with van der Waals surface area (Å²) in [6, 6.07) is 6.85. The monoisotopic (exact) mass is 326 g/mol. The standard InChI is InChI=1S/C14H12F2N2O3S/c1-8-5-6-9(22(17,20)21)7-12(8)18-14(19)13-10(15)3-2-4-11(13)16/h2-7H,1H3,(H,18,19)(H2,17,20,21).